The number of rotatable bonds is 6. The standard InChI is InChI=1S/C46H40N3O/c1-28(2)38-24-35(32-14-8-7-9-15-32)25-39(29(3)4)44(38)49-41-18-11-10-17-40(41)48(6)46(49)43-30(5)19-21-37-36-22-20-34(26-42(36)50-45(37)43)33-16-12-13-31(23-33)27-47/h7-26,28-29H,1-6H3/q+1. The third kappa shape index (κ3) is 5.01. The smallest absolute Gasteiger partial charge is 0.299 e. The predicted molar refractivity (Wildman–Crippen MR) is 206 cm³/mol. The molecule has 0 unspecified atom stereocenters. The van der Waals surface area contributed by atoms with E-state index in [1.54, 1.807) is 0 Å². The number of imidazole rings is 1. The summed E-state index contributed by atoms with van der Waals surface area (Å²) in [5.74, 6) is 1.66. The van der Waals surface area contributed by atoms with Gasteiger partial charge in [0.25, 0.3) is 5.82 Å². The average Bonchev–Trinajstić information content (AvgIpc) is 3.65. The van der Waals surface area contributed by atoms with Gasteiger partial charge in [0.15, 0.2) is 16.6 Å². The maximum atomic E-state index is 9.51. The van der Waals surface area contributed by atoms with Crippen LogP contribution < -0.4 is 4.57 Å². The van der Waals surface area contributed by atoms with Crippen molar-refractivity contribution >= 4 is 33.0 Å². The molecule has 244 valence electrons. The molecule has 4 heteroatoms. The first-order valence-electron chi connectivity index (χ1n) is 17.4. The second-order valence-corrected chi connectivity index (χ2v) is 14.0. The number of nitrogens with zero attached hydrogens (tertiary/aromatic N) is 3. The van der Waals surface area contributed by atoms with Crippen LogP contribution in [-0.4, -0.2) is 4.57 Å². The van der Waals surface area contributed by atoms with Crippen molar-refractivity contribution in [2.24, 2.45) is 7.05 Å². The number of hydrogen-bond acceptors (Lipinski definition) is 2. The lowest BCUT2D eigenvalue weighted by Gasteiger charge is -2.21. The van der Waals surface area contributed by atoms with Gasteiger partial charge in [0.05, 0.1) is 18.7 Å². The summed E-state index contributed by atoms with van der Waals surface area (Å²) in [6, 6.07) is 45.1. The van der Waals surface area contributed by atoms with Crippen LogP contribution in [0.15, 0.2) is 126 Å². The van der Waals surface area contributed by atoms with Gasteiger partial charge in [-0.25, -0.2) is 4.57 Å². The van der Waals surface area contributed by atoms with Gasteiger partial charge in [-0.05, 0) is 95.1 Å². The Morgan fingerprint density at radius 1 is 0.660 bits per heavy atom. The van der Waals surface area contributed by atoms with Crippen molar-refractivity contribution in [2.45, 2.75) is 46.5 Å². The second kappa shape index (κ2) is 12.2. The molecule has 4 nitrogen and oxygen atoms in total. The zero-order chi connectivity index (χ0) is 34.7. The Labute approximate surface area is 293 Å². The zero-order valence-corrected chi connectivity index (χ0v) is 29.5. The predicted octanol–water partition coefficient (Wildman–Crippen LogP) is 11.8. The highest BCUT2D eigenvalue weighted by Crippen LogP contribution is 2.43. The number of nitriles is 1. The maximum absolute atomic E-state index is 9.51. The third-order valence-electron chi connectivity index (χ3n) is 10.2. The van der Waals surface area contributed by atoms with Crippen molar-refractivity contribution in [2.75, 3.05) is 0 Å². The molecule has 0 aliphatic carbocycles. The lowest BCUT2D eigenvalue weighted by atomic mass is 9.88. The summed E-state index contributed by atoms with van der Waals surface area (Å²) >= 11 is 0. The minimum atomic E-state index is 0.284. The molecule has 0 fully saturated rings. The first-order chi connectivity index (χ1) is 24.2. The fraction of sp³-hybridized carbons (Fsp3) is 0.174. The molecule has 8 rings (SSSR count). The van der Waals surface area contributed by atoms with Crippen LogP contribution in [0.4, 0.5) is 0 Å². The van der Waals surface area contributed by atoms with Crippen LogP contribution in [-0.2, 0) is 7.05 Å². The van der Waals surface area contributed by atoms with Crippen molar-refractivity contribution in [3.05, 3.63) is 144 Å². The molecule has 0 spiro atoms. The van der Waals surface area contributed by atoms with Crippen LogP contribution in [0, 0.1) is 18.3 Å². The Hall–Kier alpha value is -5.92. The molecular weight excluding hydrogens is 611 g/mol. The topological polar surface area (TPSA) is 45.7 Å². The van der Waals surface area contributed by atoms with Gasteiger partial charge in [0.2, 0.25) is 0 Å². The van der Waals surface area contributed by atoms with E-state index in [-0.39, 0.29) is 11.8 Å². The first kappa shape index (κ1) is 31.4. The van der Waals surface area contributed by atoms with E-state index >= 15 is 0 Å². The molecule has 0 saturated carbocycles. The van der Waals surface area contributed by atoms with Gasteiger partial charge in [-0.15, -0.1) is 0 Å². The van der Waals surface area contributed by atoms with Crippen molar-refractivity contribution in [3.8, 4) is 45.4 Å². The fourth-order valence-electron chi connectivity index (χ4n) is 7.60. The largest absolute Gasteiger partial charge is 0.455 e. The number of furan rings is 1. The van der Waals surface area contributed by atoms with Gasteiger partial charge in [-0.3, -0.25) is 0 Å². The minimum Gasteiger partial charge on any atom is -0.455 e. The summed E-state index contributed by atoms with van der Waals surface area (Å²) in [5, 5.41) is 11.7. The van der Waals surface area contributed by atoms with Crippen LogP contribution >= 0.6 is 0 Å². The number of fused-ring (bicyclic) bond motifs is 4. The zero-order valence-electron chi connectivity index (χ0n) is 29.5. The van der Waals surface area contributed by atoms with Gasteiger partial charge < -0.3 is 4.42 Å². The quantitative estimate of drug-likeness (QED) is 0.168. The Morgan fingerprint density at radius 2 is 1.32 bits per heavy atom. The summed E-state index contributed by atoms with van der Waals surface area (Å²) in [6.07, 6.45) is 0. The molecule has 0 aliphatic rings. The molecule has 6 aromatic carbocycles. The maximum Gasteiger partial charge on any atom is 0.299 e. The summed E-state index contributed by atoms with van der Waals surface area (Å²) in [4.78, 5) is 0. The van der Waals surface area contributed by atoms with E-state index in [1.165, 1.54) is 27.9 Å². The van der Waals surface area contributed by atoms with E-state index in [9.17, 15) is 5.26 Å². The molecule has 50 heavy (non-hydrogen) atoms. The number of aromatic nitrogens is 2. The minimum absolute atomic E-state index is 0.284. The summed E-state index contributed by atoms with van der Waals surface area (Å²) in [6.45, 7) is 11.4. The molecule has 0 amide bonds. The lowest BCUT2D eigenvalue weighted by Crippen LogP contribution is -2.30. The highest BCUT2D eigenvalue weighted by Gasteiger charge is 2.34. The highest BCUT2D eigenvalue weighted by molar-refractivity contribution is 6.10. The SMILES string of the molecule is Cc1ccc2c(oc3cc(-c4cccc(C#N)c4)ccc32)c1-c1n(-c2c(C(C)C)cc(-c3ccccc3)cc2C(C)C)c2ccccc2[n+]1C. The molecule has 2 aromatic heterocycles. The van der Waals surface area contributed by atoms with E-state index < -0.39 is 0 Å². The van der Waals surface area contributed by atoms with E-state index in [0.29, 0.717) is 5.56 Å². The van der Waals surface area contributed by atoms with E-state index in [1.807, 2.05) is 24.3 Å². The van der Waals surface area contributed by atoms with E-state index in [4.69, 9.17) is 4.42 Å². The molecule has 0 N–H and O–H groups in total. The first-order valence-corrected chi connectivity index (χ1v) is 17.4. The molecular formula is C46H40N3O+. The lowest BCUT2D eigenvalue weighted by molar-refractivity contribution is -0.633. The summed E-state index contributed by atoms with van der Waals surface area (Å²) in [5.41, 5.74) is 15.3. The second-order valence-electron chi connectivity index (χ2n) is 14.0. The van der Waals surface area contributed by atoms with Gasteiger partial charge in [-0.1, -0.05) is 100 Å². The monoisotopic (exact) mass is 650 g/mol. The fourth-order valence-corrected chi connectivity index (χ4v) is 7.60. The van der Waals surface area contributed by atoms with Crippen LogP contribution in [0.2, 0.25) is 0 Å². The molecule has 0 saturated heterocycles. The van der Waals surface area contributed by atoms with Crippen LogP contribution in [0.1, 0.15) is 61.8 Å². The van der Waals surface area contributed by atoms with Crippen LogP contribution in [0.3, 0.4) is 0 Å². The van der Waals surface area contributed by atoms with Gasteiger partial charge in [-0.2, -0.15) is 9.83 Å². The number of para-hydroxylation sites is 2. The molecule has 0 bridgehead atoms. The van der Waals surface area contributed by atoms with E-state index in [2.05, 4.69) is 154 Å². The normalized spacial score (nSPS) is 11.7. The molecule has 0 atom stereocenters. The van der Waals surface area contributed by atoms with Gasteiger partial charge >= 0.3 is 0 Å². The Kier molecular flexibility index (Phi) is 7.65. The molecule has 2 heterocycles. The van der Waals surface area contributed by atoms with Crippen molar-refractivity contribution in [1.82, 2.24) is 4.57 Å². The average molecular weight is 651 g/mol. The van der Waals surface area contributed by atoms with Crippen molar-refractivity contribution in [3.63, 3.8) is 0 Å². The van der Waals surface area contributed by atoms with E-state index in [0.717, 1.165) is 61.1 Å². The van der Waals surface area contributed by atoms with Gasteiger partial charge in [0, 0.05) is 21.9 Å². The summed E-state index contributed by atoms with van der Waals surface area (Å²) in [7, 11) is 2.18. The third-order valence-corrected chi connectivity index (χ3v) is 10.2. The van der Waals surface area contributed by atoms with Crippen molar-refractivity contribution in [1.29, 1.82) is 5.26 Å². The Morgan fingerprint density at radius 3 is 2.04 bits per heavy atom. The Bertz CT molecular complexity index is 2600. The molecule has 0 radical (unpaired) electrons. The Balaban J connectivity index is 1.45. The van der Waals surface area contributed by atoms with Crippen molar-refractivity contribution < 1.29 is 8.98 Å². The van der Waals surface area contributed by atoms with Gasteiger partial charge in [0.1, 0.15) is 16.8 Å². The van der Waals surface area contributed by atoms with Crippen LogP contribution in [0.5, 0.6) is 0 Å². The molecule has 0 aliphatic heterocycles. The summed E-state index contributed by atoms with van der Waals surface area (Å²) < 4.78 is 11.8. The highest BCUT2D eigenvalue weighted by atomic mass is 16.3. The van der Waals surface area contributed by atoms with Crippen LogP contribution in [0.25, 0.3) is 72.3 Å². The number of hydrogen-bond donors (Lipinski definition) is 0. The number of aryl methyl sites for hydroxylation is 2. The number of benzene rings is 6. The molecule has 8 aromatic rings.